The van der Waals surface area contributed by atoms with Crippen molar-refractivity contribution in [3.8, 4) is 0 Å². The van der Waals surface area contributed by atoms with Crippen molar-refractivity contribution in [1.82, 2.24) is 10.4 Å². The van der Waals surface area contributed by atoms with Gasteiger partial charge in [-0.2, -0.15) is 0 Å². The van der Waals surface area contributed by atoms with Crippen LogP contribution in [-0.2, 0) is 9.47 Å². The quantitative estimate of drug-likeness (QED) is 0.576. The largest absolute Gasteiger partial charge is 0.465 e. The van der Waals surface area contributed by atoms with Gasteiger partial charge in [-0.1, -0.05) is 0 Å². The van der Waals surface area contributed by atoms with Crippen molar-refractivity contribution in [1.29, 1.82) is 0 Å². The molecule has 1 aromatic rings. The number of amides is 1. The maximum Gasteiger partial charge on any atom is 0.425 e. The summed E-state index contributed by atoms with van der Waals surface area (Å²) in [6.45, 7) is 0. The number of hydrogen-bond acceptors (Lipinski definition) is 6. The van der Waals surface area contributed by atoms with Crippen molar-refractivity contribution < 1.29 is 19.1 Å². The van der Waals surface area contributed by atoms with Crippen LogP contribution in [0.25, 0.3) is 0 Å². The predicted molar refractivity (Wildman–Crippen MR) is 54.7 cm³/mol. The highest BCUT2D eigenvalue weighted by molar-refractivity contribution is 5.95. The highest BCUT2D eigenvalue weighted by atomic mass is 16.5. The Kier molecular flexibility index (Phi) is 4.07. The lowest BCUT2D eigenvalue weighted by atomic mass is 10.2. The third-order valence-electron chi connectivity index (χ3n) is 1.71. The highest BCUT2D eigenvalue weighted by Crippen LogP contribution is 2.13. The summed E-state index contributed by atoms with van der Waals surface area (Å²) < 4.78 is 8.90. The van der Waals surface area contributed by atoms with Gasteiger partial charge in [0.05, 0.1) is 19.9 Å². The van der Waals surface area contributed by atoms with Gasteiger partial charge in [-0.15, -0.1) is 0 Å². The first-order chi connectivity index (χ1) is 7.69. The number of rotatable bonds is 3. The first kappa shape index (κ1) is 11.8. The lowest BCUT2D eigenvalue weighted by Crippen LogP contribution is -2.30. The van der Waals surface area contributed by atoms with E-state index in [0.29, 0.717) is 5.69 Å². The van der Waals surface area contributed by atoms with Gasteiger partial charge in [-0.25, -0.2) is 15.0 Å². The Labute approximate surface area is 91.7 Å². The lowest BCUT2D eigenvalue weighted by Gasteiger charge is -2.10. The topological polar surface area (TPSA) is 89.5 Å². The van der Waals surface area contributed by atoms with E-state index in [1.54, 1.807) is 0 Å². The van der Waals surface area contributed by atoms with Gasteiger partial charge in [0.15, 0.2) is 0 Å². The average Bonchev–Trinajstić information content (AvgIpc) is 2.35. The van der Waals surface area contributed by atoms with Gasteiger partial charge in [0.25, 0.3) is 0 Å². The molecule has 0 aliphatic rings. The van der Waals surface area contributed by atoms with Crippen LogP contribution >= 0.6 is 0 Å². The van der Waals surface area contributed by atoms with Crippen LogP contribution in [0.3, 0.4) is 0 Å². The van der Waals surface area contributed by atoms with Crippen LogP contribution in [0.15, 0.2) is 18.5 Å². The first-order valence-electron chi connectivity index (χ1n) is 4.31. The summed E-state index contributed by atoms with van der Waals surface area (Å²) in [5.74, 6) is -0.553. The summed E-state index contributed by atoms with van der Waals surface area (Å²) in [6, 6.07) is 1.52. The number of ether oxygens (including phenoxy) is 2. The van der Waals surface area contributed by atoms with Gasteiger partial charge in [-0.05, 0) is 6.07 Å². The molecule has 0 atom stereocenters. The molecular formula is C9H11N3O4. The zero-order chi connectivity index (χ0) is 12.0. The summed E-state index contributed by atoms with van der Waals surface area (Å²) in [5.41, 5.74) is 5.31. The van der Waals surface area contributed by atoms with Crippen LogP contribution < -0.4 is 10.9 Å². The van der Waals surface area contributed by atoms with E-state index in [4.69, 9.17) is 0 Å². The molecule has 0 radical (unpaired) electrons. The number of carbonyl (C=O) groups is 2. The van der Waals surface area contributed by atoms with Crippen LogP contribution in [0, 0.1) is 0 Å². The molecule has 1 rings (SSSR count). The van der Waals surface area contributed by atoms with Gasteiger partial charge in [-0.3, -0.25) is 10.4 Å². The molecular weight excluding hydrogens is 214 g/mol. The first-order valence-corrected chi connectivity index (χ1v) is 4.31. The van der Waals surface area contributed by atoms with Crippen LogP contribution in [0.4, 0.5) is 10.5 Å². The van der Waals surface area contributed by atoms with E-state index in [1.165, 1.54) is 32.7 Å². The molecule has 0 fully saturated rings. The fourth-order valence-electron chi connectivity index (χ4n) is 0.945. The summed E-state index contributed by atoms with van der Waals surface area (Å²) in [5, 5.41) is 0. The van der Waals surface area contributed by atoms with Crippen LogP contribution in [0.5, 0.6) is 0 Å². The number of nitrogens with zero attached hydrogens (tertiary/aromatic N) is 1. The van der Waals surface area contributed by atoms with Crippen molar-refractivity contribution in [2.45, 2.75) is 0 Å². The number of hydrogen-bond donors (Lipinski definition) is 2. The minimum atomic E-state index is -0.673. The summed E-state index contributed by atoms with van der Waals surface area (Å²) in [4.78, 5) is 25.9. The van der Waals surface area contributed by atoms with Crippen molar-refractivity contribution in [3.05, 3.63) is 24.0 Å². The summed E-state index contributed by atoms with van der Waals surface area (Å²) >= 11 is 0. The second-order valence-corrected chi connectivity index (χ2v) is 2.65. The normalized spacial score (nSPS) is 9.12. The molecule has 0 aliphatic heterocycles. The molecule has 1 amide bonds. The van der Waals surface area contributed by atoms with E-state index < -0.39 is 12.1 Å². The zero-order valence-electron chi connectivity index (χ0n) is 8.81. The van der Waals surface area contributed by atoms with Crippen LogP contribution in [0.1, 0.15) is 10.4 Å². The number of hydrazine groups is 1. The Morgan fingerprint density at radius 3 is 2.69 bits per heavy atom. The minimum absolute atomic E-state index is 0.210. The van der Waals surface area contributed by atoms with Crippen LogP contribution in [-0.4, -0.2) is 31.3 Å². The highest BCUT2D eigenvalue weighted by Gasteiger charge is 2.11. The van der Waals surface area contributed by atoms with Gasteiger partial charge in [0, 0.05) is 12.4 Å². The van der Waals surface area contributed by atoms with Gasteiger partial charge in [0.1, 0.15) is 5.56 Å². The molecule has 0 aliphatic carbocycles. The molecule has 0 spiro atoms. The number of nitrogens with one attached hydrogen (secondary N) is 2. The third kappa shape index (κ3) is 2.84. The Balaban J connectivity index is 2.79. The van der Waals surface area contributed by atoms with Crippen molar-refractivity contribution in [2.75, 3.05) is 19.6 Å². The second-order valence-electron chi connectivity index (χ2n) is 2.65. The molecule has 1 aromatic heterocycles. The maximum absolute atomic E-state index is 11.3. The molecule has 0 unspecified atom stereocenters. The SMILES string of the molecule is COC(=O)NNc1ccncc1C(=O)OC. The van der Waals surface area contributed by atoms with Crippen molar-refractivity contribution in [3.63, 3.8) is 0 Å². The lowest BCUT2D eigenvalue weighted by molar-refractivity contribution is 0.0601. The molecule has 0 saturated carbocycles. The number of methoxy groups -OCH3 is 2. The van der Waals surface area contributed by atoms with E-state index >= 15 is 0 Å². The standard InChI is InChI=1S/C9H11N3O4/c1-15-8(13)6-5-10-4-3-7(6)11-12-9(14)16-2/h3-5H,1-2H3,(H,10,11)(H,12,14). The van der Waals surface area contributed by atoms with Crippen molar-refractivity contribution >= 4 is 17.7 Å². The average molecular weight is 225 g/mol. The molecule has 16 heavy (non-hydrogen) atoms. The van der Waals surface area contributed by atoms with Gasteiger partial charge < -0.3 is 9.47 Å². The second kappa shape index (κ2) is 5.54. The van der Waals surface area contributed by atoms with Gasteiger partial charge in [0.2, 0.25) is 0 Å². The molecule has 7 heteroatoms. The number of esters is 1. The monoisotopic (exact) mass is 225 g/mol. The maximum atomic E-state index is 11.3. The van der Waals surface area contributed by atoms with E-state index in [2.05, 4.69) is 25.3 Å². The van der Waals surface area contributed by atoms with Crippen molar-refractivity contribution in [2.24, 2.45) is 0 Å². The molecule has 7 nitrogen and oxygen atoms in total. The number of anilines is 1. The predicted octanol–water partition coefficient (Wildman–Crippen LogP) is 0.551. The Hall–Kier alpha value is -2.31. The summed E-state index contributed by atoms with van der Waals surface area (Å²) in [7, 11) is 2.48. The Morgan fingerprint density at radius 1 is 1.31 bits per heavy atom. The molecule has 0 bridgehead atoms. The van der Waals surface area contributed by atoms with E-state index in [1.807, 2.05) is 0 Å². The number of pyridine rings is 1. The molecule has 0 aromatic carbocycles. The van der Waals surface area contributed by atoms with E-state index in [0.717, 1.165) is 0 Å². The molecule has 86 valence electrons. The molecule has 1 heterocycles. The van der Waals surface area contributed by atoms with Crippen LogP contribution in [0.2, 0.25) is 0 Å². The van der Waals surface area contributed by atoms with Gasteiger partial charge >= 0.3 is 12.1 Å². The van der Waals surface area contributed by atoms with E-state index in [9.17, 15) is 9.59 Å². The fourth-order valence-corrected chi connectivity index (χ4v) is 0.945. The zero-order valence-corrected chi connectivity index (χ0v) is 8.81. The summed E-state index contributed by atoms with van der Waals surface area (Å²) in [6.07, 6.45) is 2.12. The minimum Gasteiger partial charge on any atom is -0.465 e. The Morgan fingerprint density at radius 2 is 2.06 bits per heavy atom. The fraction of sp³-hybridized carbons (Fsp3) is 0.222. The molecule has 2 N–H and O–H groups in total. The third-order valence-corrected chi connectivity index (χ3v) is 1.71. The smallest absolute Gasteiger partial charge is 0.425 e. The Bertz CT molecular complexity index is 394. The number of aromatic nitrogens is 1. The molecule has 0 saturated heterocycles. The van der Waals surface area contributed by atoms with E-state index in [-0.39, 0.29) is 5.56 Å². The number of carbonyl (C=O) groups excluding carboxylic acids is 2.